The van der Waals surface area contributed by atoms with Gasteiger partial charge in [-0.05, 0) is 36.7 Å². The van der Waals surface area contributed by atoms with Gasteiger partial charge in [0.05, 0.1) is 0 Å². The molecule has 0 aliphatic heterocycles. The highest BCUT2D eigenvalue weighted by molar-refractivity contribution is 5.41. The summed E-state index contributed by atoms with van der Waals surface area (Å²) >= 11 is 0. The highest BCUT2D eigenvalue weighted by Gasteiger charge is 2.22. The van der Waals surface area contributed by atoms with Gasteiger partial charge >= 0.3 is 0 Å². The van der Waals surface area contributed by atoms with Gasteiger partial charge in [0.15, 0.2) is 0 Å². The summed E-state index contributed by atoms with van der Waals surface area (Å²) in [6.45, 7) is 4.29. The average Bonchev–Trinajstić information content (AvgIpc) is 2.13. The van der Waals surface area contributed by atoms with Gasteiger partial charge in [-0.3, -0.25) is 0 Å². The van der Waals surface area contributed by atoms with E-state index in [2.05, 4.69) is 13.8 Å². The van der Waals surface area contributed by atoms with Gasteiger partial charge in [0, 0.05) is 0 Å². The standard InChI is InChI=1S/C11H14N2/c1-8-3-4-9(2)11(5-8)10(6-12)7-13/h8-9H,3-5H2,1-2H3/t8-,9-/m1/s1. The van der Waals surface area contributed by atoms with Gasteiger partial charge < -0.3 is 0 Å². The molecule has 0 bridgehead atoms. The second-order valence-electron chi connectivity index (χ2n) is 3.91. The molecule has 1 rings (SSSR count). The summed E-state index contributed by atoms with van der Waals surface area (Å²) < 4.78 is 0. The molecule has 1 aliphatic carbocycles. The lowest BCUT2D eigenvalue weighted by atomic mass is 9.78. The van der Waals surface area contributed by atoms with E-state index in [-0.39, 0.29) is 0 Å². The van der Waals surface area contributed by atoms with E-state index in [1.807, 2.05) is 12.1 Å². The van der Waals surface area contributed by atoms with Crippen molar-refractivity contribution >= 4 is 0 Å². The molecule has 0 radical (unpaired) electrons. The second kappa shape index (κ2) is 4.10. The van der Waals surface area contributed by atoms with Gasteiger partial charge in [0.25, 0.3) is 0 Å². The molecule has 2 nitrogen and oxygen atoms in total. The quantitative estimate of drug-likeness (QED) is 0.530. The Hall–Kier alpha value is -1.28. The normalized spacial score (nSPS) is 27.5. The number of nitriles is 2. The van der Waals surface area contributed by atoms with Crippen LogP contribution in [-0.4, -0.2) is 0 Å². The molecular weight excluding hydrogens is 160 g/mol. The Labute approximate surface area is 79.5 Å². The van der Waals surface area contributed by atoms with E-state index in [0.29, 0.717) is 17.4 Å². The summed E-state index contributed by atoms with van der Waals surface area (Å²) in [4.78, 5) is 0. The molecule has 0 unspecified atom stereocenters. The molecule has 0 aromatic rings. The van der Waals surface area contributed by atoms with Gasteiger partial charge in [-0.1, -0.05) is 13.8 Å². The van der Waals surface area contributed by atoms with Crippen molar-refractivity contribution in [2.24, 2.45) is 11.8 Å². The molecular formula is C11H14N2. The summed E-state index contributed by atoms with van der Waals surface area (Å²) in [6.07, 6.45) is 3.26. The molecule has 0 N–H and O–H groups in total. The van der Waals surface area contributed by atoms with Crippen LogP contribution in [0.5, 0.6) is 0 Å². The highest BCUT2D eigenvalue weighted by Crippen LogP contribution is 2.34. The Bertz CT molecular complexity index is 285. The first-order chi connectivity index (χ1) is 6.19. The Morgan fingerprint density at radius 1 is 1.23 bits per heavy atom. The van der Waals surface area contributed by atoms with E-state index in [0.717, 1.165) is 18.4 Å². The number of allylic oxidation sites excluding steroid dienone is 2. The first-order valence-electron chi connectivity index (χ1n) is 4.72. The third-order valence-corrected chi connectivity index (χ3v) is 2.80. The summed E-state index contributed by atoms with van der Waals surface area (Å²) in [5.41, 5.74) is 1.42. The molecule has 13 heavy (non-hydrogen) atoms. The summed E-state index contributed by atoms with van der Waals surface area (Å²) in [5, 5.41) is 17.5. The summed E-state index contributed by atoms with van der Waals surface area (Å²) in [6, 6.07) is 3.98. The van der Waals surface area contributed by atoms with Crippen molar-refractivity contribution < 1.29 is 0 Å². The largest absolute Gasteiger partial charge is 0.192 e. The maximum atomic E-state index is 8.75. The van der Waals surface area contributed by atoms with Crippen molar-refractivity contribution in [2.75, 3.05) is 0 Å². The van der Waals surface area contributed by atoms with Crippen LogP contribution in [0.4, 0.5) is 0 Å². The van der Waals surface area contributed by atoms with E-state index in [4.69, 9.17) is 10.5 Å². The fourth-order valence-electron chi connectivity index (χ4n) is 1.90. The van der Waals surface area contributed by atoms with Crippen molar-refractivity contribution in [3.8, 4) is 12.1 Å². The van der Waals surface area contributed by atoms with E-state index in [1.165, 1.54) is 6.42 Å². The second-order valence-corrected chi connectivity index (χ2v) is 3.91. The monoisotopic (exact) mass is 174 g/mol. The highest BCUT2D eigenvalue weighted by atomic mass is 14.3. The molecule has 2 atom stereocenters. The third-order valence-electron chi connectivity index (χ3n) is 2.80. The molecule has 0 aromatic carbocycles. The molecule has 0 spiro atoms. The van der Waals surface area contributed by atoms with E-state index >= 15 is 0 Å². The fourth-order valence-corrected chi connectivity index (χ4v) is 1.90. The van der Waals surface area contributed by atoms with Crippen LogP contribution in [0.1, 0.15) is 33.1 Å². The predicted molar refractivity (Wildman–Crippen MR) is 50.4 cm³/mol. The van der Waals surface area contributed by atoms with Gasteiger partial charge in [-0.25, -0.2) is 0 Å². The number of rotatable bonds is 0. The first-order valence-corrected chi connectivity index (χ1v) is 4.72. The zero-order valence-electron chi connectivity index (χ0n) is 8.17. The van der Waals surface area contributed by atoms with Crippen molar-refractivity contribution in [2.45, 2.75) is 33.1 Å². The maximum absolute atomic E-state index is 8.75. The van der Waals surface area contributed by atoms with E-state index < -0.39 is 0 Å². The van der Waals surface area contributed by atoms with Crippen LogP contribution in [0.2, 0.25) is 0 Å². The van der Waals surface area contributed by atoms with Crippen LogP contribution in [0.3, 0.4) is 0 Å². The number of nitrogens with zero attached hydrogens (tertiary/aromatic N) is 2. The maximum Gasteiger partial charge on any atom is 0.129 e. The van der Waals surface area contributed by atoms with Crippen LogP contribution in [0.15, 0.2) is 11.1 Å². The molecule has 0 saturated heterocycles. The van der Waals surface area contributed by atoms with E-state index in [1.54, 1.807) is 0 Å². The molecule has 0 heterocycles. The molecule has 2 heteroatoms. The minimum Gasteiger partial charge on any atom is -0.192 e. The zero-order chi connectivity index (χ0) is 9.84. The molecule has 0 amide bonds. The van der Waals surface area contributed by atoms with Gasteiger partial charge in [0.1, 0.15) is 17.7 Å². The molecule has 68 valence electrons. The van der Waals surface area contributed by atoms with Crippen molar-refractivity contribution in [1.29, 1.82) is 10.5 Å². The number of hydrogen-bond acceptors (Lipinski definition) is 2. The topological polar surface area (TPSA) is 47.6 Å². The minimum atomic E-state index is 0.346. The first kappa shape index (κ1) is 9.81. The Kier molecular flexibility index (Phi) is 3.09. The molecule has 1 fully saturated rings. The summed E-state index contributed by atoms with van der Waals surface area (Å²) in [5.74, 6) is 1.05. The number of hydrogen-bond donors (Lipinski definition) is 0. The van der Waals surface area contributed by atoms with Gasteiger partial charge in [-0.15, -0.1) is 0 Å². The SMILES string of the molecule is C[C@@H]1CC[C@@H](C)C(=C(C#N)C#N)C1. The van der Waals surface area contributed by atoms with Crippen molar-refractivity contribution in [3.05, 3.63) is 11.1 Å². The van der Waals surface area contributed by atoms with Crippen LogP contribution in [-0.2, 0) is 0 Å². The third kappa shape index (κ3) is 2.10. The zero-order valence-corrected chi connectivity index (χ0v) is 8.17. The van der Waals surface area contributed by atoms with Gasteiger partial charge in [-0.2, -0.15) is 10.5 Å². The van der Waals surface area contributed by atoms with Crippen LogP contribution >= 0.6 is 0 Å². The van der Waals surface area contributed by atoms with Crippen molar-refractivity contribution in [3.63, 3.8) is 0 Å². The summed E-state index contributed by atoms with van der Waals surface area (Å²) in [7, 11) is 0. The van der Waals surface area contributed by atoms with Crippen LogP contribution in [0, 0.1) is 34.5 Å². The molecule has 1 aliphatic rings. The lowest BCUT2D eigenvalue weighted by Crippen LogP contribution is -2.14. The van der Waals surface area contributed by atoms with Gasteiger partial charge in [0.2, 0.25) is 0 Å². The average molecular weight is 174 g/mol. The van der Waals surface area contributed by atoms with Crippen LogP contribution < -0.4 is 0 Å². The molecule has 0 aromatic heterocycles. The Morgan fingerprint density at radius 3 is 2.38 bits per heavy atom. The molecule has 1 saturated carbocycles. The lowest BCUT2D eigenvalue weighted by molar-refractivity contribution is 0.385. The Morgan fingerprint density at radius 2 is 1.85 bits per heavy atom. The van der Waals surface area contributed by atoms with Crippen molar-refractivity contribution in [1.82, 2.24) is 0 Å². The Balaban J connectivity index is 2.95. The smallest absolute Gasteiger partial charge is 0.129 e. The minimum absolute atomic E-state index is 0.346. The predicted octanol–water partition coefficient (Wildman–Crippen LogP) is 2.79. The van der Waals surface area contributed by atoms with E-state index in [9.17, 15) is 0 Å². The van der Waals surface area contributed by atoms with Crippen LogP contribution in [0.25, 0.3) is 0 Å². The fraction of sp³-hybridized carbons (Fsp3) is 0.636. The lowest BCUT2D eigenvalue weighted by Gasteiger charge is -2.26.